The van der Waals surface area contributed by atoms with E-state index >= 15 is 0 Å². The third-order valence-corrected chi connectivity index (χ3v) is 2.47. The minimum atomic E-state index is -0.275. The van der Waals surface area contributed by atoms with E-state index in [1.54, 1.807) is 12.1 Å². The van der Waals surface area contributed by atoms with Gasteiger partial charge in [-0.05, 0) is 32.5 Å². The van der Waals surface area contributed by atoms with Crippen LogP contribution in [0, 0.1) is 5.82 Å². The van der Waals surface area contributed by atoms with Crippen LogP contribution in [0.15, 0.2) is 30.4 Å². The molecule has 1 atom stereocenters. The van der Waals surface area contributed by atoms with Crippen molar-refractivity contribution in [2.75, 3.05) is 7.05 Å². The fourth-order valence-electron chi connectivity index (χ4n) is 1.50. The van der Waals surface area contributed by atoms with Crippen LogP contribution in [0.4, 0.5) is 4.39 Å². The molecule has 1 aromatic carbocycles. The Balaban J connectivity index is 2.96. The summed E-state index contributed by atoms with van der Waals surface area (Å²) < 4.78 is 13.6. The zero-order chi connectivity index (χ0) is 11.4. The van der Waals surface area contributed by atoms with Crippen LogP contribution in [0.5, 0.6) is 0 Å². The molecule has 15 heavy (non-hydrogen) atoms. The average molecular weight is 228 g/mol. The largest absolute Gasteiger partial charge is 0.313 e. The minimum absolute atomic E-state index is 0.0419. The van der Waals surface area contributed by atoms with Crippen molar-refractivity contribution in [3.05, 3.63) is 46.8 Å². The van der Waals surface area contributed by atoms with Gasteiger partial charge in [-0.1, -0.05) is 23.2 Å². The van der Waals surface area contributed by atoms with E-state index < -0.39 is 0 Å². The van der Waals surface area contributed by atoms with Crippen LogP contribution in [0.1, 0.15) is 24.9 Å². The van der Waals surface area contributed by atoms with Crippen molar-refractivity contribution in [1.29, 1.82) is 0 Å². The lowest BCUT2D eigenvalue weighted by atomic mass is 10.00. The molecule has 0 aliphatic rings. The lowest BCUT2D eigenvalue weighted by molar-refractivity contribution is 0.533. The Labute approximate surface area is 95.0 Å². The van der Waals surface area contributed by atoms with Crippen LogP contribution in [-0.4, -0.2) is 7.05 Å². The molecule has 0 spiro atoms. The summed E-state index contributed by atoms with van der Waals surface area (Å²) in [5.41, 5.74) is 1.65. The van der Waals surface area contributed by atoms with E-state index in [0.29, 0.717) is 10.6 Å². The highest BCUT2D eigenvalue weighted by atomic mass is 35.5. The smallest absolute Gasteiger partial charge is 0.129 e. The number of benzene rings is 1. The minimum Gasteiger partial charge on any atom is -0.313 e. The second kappa shape index (κ2) is 5.29. The lowest BCUT2D eigenvalue weighted by Crippen LogP contribution is -2.17. The number of halogens is 2. The molecule has 0 aromatic heterocycles. The zero-order valence-corrected chi connectivity index (χ0v) is 9.74. The number of hydrogen-bond acceptors (Lipinski definition) is 1. The van der Waals surface area contributed by atoms with Gasteiger partial charge in [-0.3, -0.25) is 0 Å². The Kier molecular flexibility index (Phi) is 4.30. The van der Waals surface area contributed by atoms with Gasteiger partial charge in [0.15, 0.2) is 0 Å². The maximum atomic E-state index is 13.6. The zero-order valence-electron chi connectivity index (χ0n) is 8.98. The van der Waals surface area contributed by atoms with Crippen molar-refractivity contribution in [3.63, 3.8) is 0 Å². The van der Waals surface area contributed by atoms with E-state index in [1.165, 1.54) is 6.07 Å². The summed E-state index contributed by atoms with van der Waals surface area (Å²) in [6.07, 6.45) is 0.717. The summed E-state index contributed by atoms with van der Waals surface area (Å²) in [5.74, 6) is -0.275. The Morgan fingerprint density at radius 1 is 1.60 bits per heavy atom. The van der Waals surface area contributed by atoms with Crippen LogP contribution in [0.2, 0.25) is 5.02 Å². The van der Waals surface area contributed by atoms with Crippen molar-refractivity contribution in [3.8, 4) is 0 Å². The first-order valence-corrected chi connectivity index (χ1v) is 5.19. The molecule has 0 bridgehead atoms. The maximum absolute atomic E-state index is 13.6. The molecule has 0 heterocycles. The Morgan fingerprint density at radius 3 is 2.73 bits per heavy atom. The Hall–Kier alpha value is -0.860. The third kappa shape index (κ3) is 3.33. The quantitative estimate of drug-likeness (QED) is 0.774. The number of nitrogens with one attached hydrogen (secondary N) is 1. The number of hydrogen-bond donors (Lipinski definition) is 1. The van der Waals surface area contributed by atoms with Gasteiger partial charge < -0.3 is 5.32 Å². The first-order valence-electron chi connectivity index (χ1n) is 4.81. The van der Waals surface area contributed by atoms with Crippen molar-refractivity contribution >= 4 is 11.6 Å². The van der Waals surface area contributed by atoms with Gasteiger partial charge in [0.25, 0.3) is 0 Å². The lowest BCUT2D eigenvalue weighted by Gasteiger charge is -2.17. The topological polar surface area (TPSA) is 12.0 Å². The molecule has 0 fully saturated rings. The van der Waals surface area contributed by atoms with Crippen molar-refractivity contribution in [1.82, 2.24) is 5.32 Å². The average Bonchev–Trinajstić information content (AvgIpc) is 2.14. The van der Waals surface area contributed by atoms with Crippen LogP contribution < -0.4 is 5.32 Å². The molecule has 1 rings (SSSR count). The second-order valence-corrected chi connectivity index (χ2v) is 4.10. The van der Waals surface area contributed by atoms with Crippen LogP contribution in [0.3, 0.4) is 0 Å². The number of rotatable bonds is 4. The van der Waals surface area contributed by atoms with E-state index in [9.17, 15) is 4.39 Å². The molecule has 0 saturated heterocycles. The highest BCUT2D eigenvalue weighted by Gasteiger charge is 2.13. The third-order valence-electron chi connectivity index (χ3n) is 2.24. The van der Waals surface area contributed by atoms with E-state index in [4.69, 9.17) is 11.6 Å². The first-order chi connectivity index (χ1) is 7.04. The molecule has 0 radical (unpaired) electrons. The molecule has 1 unspecified atom stereocenters. The molecule has 0 aliphatic heterocycles. The highest BCUT2D eigenvalue weighted by molar-refractivity contribution is 6.30. The molecule has 1 nitrogen and oxygen atoms in total. The fourth-order valence-corrected chi connectivity index (χ4v) is 1.66. The van der Waals surface area contributed by atoms with Crippen molar-refractivity contribution < 1.29 is 4.39 Å². The molecule has 0 saturated carbocycles. The van der Waals surface area contributed by atoms with Crippen molar-refractivity contribution in [2.24, 2.45) is 0 Å². The van der Waals surface area contributed by atoms with Crippen LogP contribution in [-0.2, 0) is 0 Å². The molecular formula is C12H15ClFN. The van der Waals surface area contributed by atoms with Gasteiger partial charge in [0.2, 0.25) is 0 Å². The second-order valence-electron chi connectivity index (χ2n) is 3.67. The molecule has 1 aromatic rings. The standard InChI is InChI=1S/C12H15ClFN/c1-8(2)6-12(15-3)10-5-4-9(13)7-11(10)14/h4-5,7,12,15H,1,6H2,2-3H3. The van der Waals surface area contributed by atoms with E-state index in [2.05, 4.69) is 11.9 Å². The Bertz CT molecular complexity index is 363. The fraction of sp³-hybridized carbons (Fsp3) is 0.333. The predicted molar refractivity (Wildman–Crippen MR) is 62.6 cm³/mol. The van der Waals surface area contributed by atoms with Gasteiger partial charge in [-0.15, -0.1) is 6.58 Å². The van der Waals surface area contributed by atoms with Gasteiger partial charge in [0.1, 0.15) is 5.82 Å². The normalized spacial score (nSPS) is 12.5. The monoisotopic (exact) mass is 227 g/mol. The van der Waals surface area contributed by atoms with Gasteiger partial charge in [-0.2, -0.15) is 0 Å². The van der Waals surface area contributed by atoms with E-state index in [-0.39, 0.29) is 11.9 Å². The Morgan fingerprint density at radius 2 is 2.27 bits per heavy atom. The summed E-state index contributed by atoms with van der Waals surface area (Å²) in [6, 6.07) is 4.70. The highest BCUT2D eigenvalue weighted by Crippen LogP contribution is 2.24. The summed E-state index contributed by atoms with van der Waals surface area (Å²) >= 11 is 5.69. The molecule has 3 heteroatoms. The van der Waals surface area contributed by atoms with Crippen molar-refractivity contribution in [2.45, 2.75) is 19.4 Å². The van der Waals surface area contributed by atoms with E-state index in [0.717, 1.165) is 12.0 Å². The summed E-state index contributed by atoms with van der Waals surface area (Å²) in [5, 5.41) is 3.48. The summed E-state index contributed by atoms with van der Waals surface area (Å²) in [6.45, 7) is 5.76. The predicted octanol–water partition coefficient (Wildman–Crippen LogP) is 3.71. The SMILES string of the molecule is C=C(C)CC(NC)c1ccc(Cl)cc1F. The molecule has 82 valence electrons. The van der Waals surface area contributed by atoms with Gasteiger partial charge in [0.05, 0.1) is 0 Å². The van der Waals surface area contributed by atoms with Crippen LogP contribution >= 0.6 is 11.6 Å². The molecular weight excluding hydrogens is 213 g/mol. The van der Waals surface area contributed by atoms with E-state index in [1.807, 2.05) is 14.0 Å². The van der Waals surface area contributed by atoms with Gasteiger partial charge in [0, 0.05) is 16.6 Å². The molecule has 1 N–H and O–H groups in total. The van der Waals surface area contributed by atoms with Gasteiger partial charge in [-0.25, -0.2) is 4.39 Å². The molecule has 0 aliphatic carbocycles. The van der Waals surface area contributed by atoms with Gasteiger partial charge >= 0.3 is 0 Å². The summed E-state index contributed by atoms with van der Waals surface area (Å²) in [4.78, 5) is 0. The van der Waals surface area contributed by atoms with Crippen LogP contribution in [0.25, 0.3) is 0 Å². The maximum Gasteiger partial charge on any atom is 0.129 e. The molecule has 0 amide bonds. The first kappa shape index (κ1) is 12.2. The summed E-state index contributed by atoms with van der Waals surface area (Å²) in [7, 11) is 1.81.